The van der Waals surface area contributed by atoms with Crippen LogP contribution in [0.2, 0.25) is 0 Å². The topological polar surface area (TPSA) is 55.6 Å². The van der Waals surface area contributed by atoms with Gasteiger partial charge in [-0.05, 0) is 13.8 Å². The van der Waals surface area contributed by atoms with Gasteiger partial charge in [0.1, 0.15) is 6.61 Å². The van der Waals surface area contributed by atoms with Gasteiger partial charge in [-0.25, -0.2) is 0 Å². The highest BCUT2D eigenvalue weighted by molar-refractivity contribution is 5.77. The summed E-state index contributed by atoms with van der Waals surface area (Å²) in [5.74, 6) is -0.0200. The van der Waals surface area contributed by atoms with Crippen molar-refractivity contribution in [2.24, 2.45) is 5.73 Å². The molecule has 0 aromatic rings. The Labute approximate surface area is 85.7 Å². The second kappa shape index (κ2) is 7.53. The second-order valence-corrected chi connectivity index (χ2v) is 3.27. The van der Waals surface area contributed by atoms with Gasteiger partial charge < -0.3 is 15.4 Å². The molecule has 0 spiro atoms. The molecule has 0 heterocycles. The van der Waals surface area contributed by atoms with Crippen LogP contribution in [0.15, 0.2) is 12.7 Å². The molecule has 4 heteroatoms. The molecule has 0 atom stereocenters. The molecule has 0 unspecified atom stereocenters. The number of nitrogens with two attached hydrogens (primary N) is 1. The lowest BCUT2D eigenvalue weighted by molar-refractivity contribution is -0.137. The van der Waals surface area contributed by atoms with E-state index in [9.17, 15) is 4.79 Å². The number of nitrogens with zero attached hydrogens (tertiary/aromatic N) is 1. The summed E-state index contributed by atoms with van der Waals surface area (Å²) in [5.41, 5.74) is 5.24. The first-order valence-corrected chi connectivity index (χ1v) is 4.81. The molecule has 0 aliphatic heterocycles. The van der Waals surface area contributed by atoms with E-state index in [0.717, 1.165) is 0 Å². The Bertz CT molecular complexity index is 181. The van der Waals surface area contributed by atoms with Crippen molar-refractivity contribution in [3.8, 4) is 0 Å². The Balaban J connectivity index is 3.95. The van der Waals surface area contributed by atoms with Gasteiger partial charge in [0.25, 0.3) is 0 Å². The number of carbonyl (C=O) groups is 1. The molecule has 0 aromatic carbocycles. The smallest absolute Gasteiger partial charge is 0.249 e. The third-order valence-electron chi connectivity index (χ3n) is 1.76. The van der Waals surface area contributed by atoms with Crippen molar-refractivity contribution < 1.29 is 9.53 Å². The predicted molar refractivity (Wildman–Crippen MR) is 56.9 cm³/mol. The third-order valence-corrected chi connectivity index (χ3v) is 1.76. The van der Waals surface area contributed by atoms with E-state index in [1.165, 1.54) is 0 Å². The molecular weight excluding hydrogens is 180 g/mol. The molecule has 0 aromatic heterocycles. The number of rotatable bonds is 7. The molecule has 4 nitrogen and oxygen atoms in total. The average Bonchev–Trinajstić information content (AvgIpc) is 2.13. The zero-order valence-corrected chi connectivity index (χ0v) is 9.03. The van der Waals surface area contributed by atoms with Gasteiger partial charge in [0, 0.05) is 19.1 Å². The normalized spacial score (nSPS) is 10.3. The monoisotopic (exact) mass is 200 g/mol. The van der Waals surface area contributed by atoms with Crippen molar-refractivity contribution >= 4 is 5.91 Å². The van der Waals surface area contributed by atoms with Crippen molar-refractivity contribution in [1.29, 1.82) is 0 Å². The van der Waals surface area contributed by atoms with Crippen molar-refractivity contribution in [3.63, 3.8) is 0 Å². The minimum absolute atomic E-state index is 0.0200. The first-order chi connectivity index (χ1) is 6.63. The van der Waals surface area contributed by atoms with Crippen molar-refractivity contribution in [2.45, 2.75) is 19.9 Å². The van der Waals surface area contributed by atoms with Crippen LogP contribution in [0.25, 0.3) is 0 Å². The van der Waals surface area contributed by atoms with Gasteiger partial charge in [-0.3, -0.25) is 4.79 Å². The van der Waals surface area contributed by atoms with Gasteiger partial charge in [0.2, 0.25) is 5.91 Å². The minimum atomic E-state index is -0.0200. The Morgan fingerprint density at radius 2 is 2.29 bits per heavy atom. The Morgan fingerprint density at radius 3 is 2.71 bits per heavy atom. The van der Waals surface area contributed by atoms with Crippen LogP contribution in [-0.4, -0.2) is 43.2 Å². The molecule has 14 heavy (non-hydrogen) atoms. The molecule has 0 saturated carbocycles. The summed E-state index contributed by atoms with van der Waals surface area (Å²) in [7, 11) is 0. The van der Waals surface area contributed by atoms with Crippen LogP contribution < -0.4 is 5.73 Å². The summed E-state index contributed by atoms with van der Waals surface area (Å²) >= 11 is 0. The van der Waals surface area contributed by atoms with E-state index in [-0.39, 0.29) is 18.6 Å². The largest absolute Gasteiger partial charge is 0.370 e. The number of amides is 1. The van der Waals surface area contributed by atoms with Gasteiger partial charge in [-0.2, -0.15) is 0 Å². The van der Waals surface area contributed by atoms with E-state index in [0.29, 0.717) is 19.7 Å². The van der Waals surface area contributed by atoms with Crippen LogP contribution in [0.4, 0.5) is 0 Å². The third kappa shape index (κ3) is 4.99. The van der Waals surface area contributed by atoms with Gasteiger partial charge in [-0.15, -0.1) is 6.58 Å². The number of hydrogen-bond acceptors (Lipinski definition) is 3. The fourth-order valence-corrected chi connectivity index (χ4v) is 1.07. The lowest BCUT2D eigenvalue weighted by atomic mass is 10.3. The SMILES string of the molecule is C=CCN(C(=O)COCCN)C(C)C. The lowest BCUT2D eigenvalue weighted by Crippen LogP contribution is -2.39. The fourth-order valence-electron chi connectivity index (χ4n) is 1.07. The lowest BCUT2D eigenvalue weighted by Gasteiger charge is -2.25. The van der Waals surface area contributed by atoms with Gasteiger partial charge in [-0.1, -0.05) is 6.08 Å². The zero-order valence-electron chi connectivity index (χ0n) is 9.03. The highest BCUT2D eigenvalue weighted by Crippen LogP contribution is 1.99. The molecule has 0 aliphatic carbocycles. The number of ether oxygens (including phenoxy) is 1. The van der Waals surface area contributed by atoms with E-state index in [4.69, 9.17) is 10.5 Å². The van der Waals surface area contributed by atoms with Crippen LogP contribution in [-0.2, 0) is 9.53 Å². The van der Waals surface area contributed by atoms with E-state index in [1.807, 2.05) is 13.8 Å². The maximum Gasteiger partial charge on any atom is 0.249 e. The predicted octanol–water partition coefficient (Wildman–Crippen LogP) is 0.385. The molecule has 82 valence electrons. The van der Waals surface area contributed by atoms with Crippen molar-refractivity contribution in [1.82, 2.24) is 4.90 Å². The van der Waals surface area contributed by atoms with E-state index < -0.39 is 0 Å². The van der Waals surface area contributed by atoms with E-state index in [1.54, 1.807) is 11.0 Å². The highest BCUT2D eigenvalue weighted by Gasteiger charge is 2.14. The van der Waals surface area contributed by atoms with Crippen LogP contribution in [0, 0.1) is 0 Å². The molecule has 1 amide bonds. The average molecular weight is 200 g/mol. The molecule has 0 saturated heterocycles. The zero-order chi connectivity index (χ0) is 11.0. The Morgan fingerprint density at radius 1 is 1.64 bits per heavy atom. The summed E-state index contributed by atoms with van der Waals surface area (Å²) in [6.45, 7) is 9.05. The quantitative estimate of drug-likeness (QED) is 0.477. The summed E-state index contributed by atoms with van der Waals surface area (Å²) < 4.78 is 5.07. The fraction of sp³-hybridized carbons (Fsp3) is 0.700. The Hall–Kier alpha value is -0.870. The maximum atomic E-state index is 11.6. The maximum absolute atomic E-state index is 11.6. The van der Waals surface area contributed by atoms with Crippen LogP contribution >= 0.6 is 0 Å². The molecular formula is C10H20N2O2. The van der Waals surface area contributed by atoms with Crippen molar-refractivity contribution in [3.05, 3.63) is 12.7 Å². The summed E-state index contributed by atoms with van der Waals surface area (Å²) in [6, 6.07) is 0.168. The number of carbonyl (C=O) groups excluding carboxylic acids is 1. The Kier molecular flexibility index (Phi) is 7.06. The van der Waals surface area contributed by atoms with Crippen LogP contribution in [0.1, 0.15) is 13.8 Å². The summed E-state index contributed by atoms with van der Waals surface area (Å²) in [5, 5.41) is 0. The molecule has 0 rings (SSSR count). The van der Waals surface area contributed by atoms with Gasteiger partial charge in [0.15, 0.2) is 0 Å². The standard InChI is InChI=1S/C10H20N2O2/c1-4-6-12(9(2)3)10(13)8-14-7-5-11/h4,9H,1,5-8,11H2,2-3H3. The summed E-state index contributed by atoms with van der Waals surface area (Å²) in [6.07, 6.45) is 1.71. The minimum Gasteiger partial charge on any atom is -0.370 e. The van der Waals surface area contributed by atoms with Gasteiger partial charge in [0.05, 0.1) is 6.61 Å². The molecule has 0 fully saturated rings. The van der Waals surface area contributed by atoms with Gasteiger partial charge >= 0.3 is 0 Å². The first kappa shape index (κ1) is 13.1. The highest BCUT2D eigenvalue weighted by atomic mass is 16.5. The van der Waals surface area contributed by atoms with Crippen molar-refractivity contribution in [2.75, 3.05) is 26.3 Å². The van der Waals surface area contributed by atoms with Crippen LogP contribution in [0.3, 0.4) is 0 Å². The van der Waals surface area contributed by atoms with E-state index in [2.05, 4.69) is 6.58 Å². The molecule has 0 radical (unpaired) electrons. The summed E-state index contributed by atoms with van der Waals surface area (Å²) in [4.78, 5) is 13.3. The van der Waals surface area contributed by atoms with Crippen LogP contribution in [0.5, 0.6) is 0 Å². The first-order valence-electron chi connectivity index (χ1n) is 4.81. The number of hydrogen-bond donors (Lipinski definition) is 1. The van der Waals surface area contributed by atoms with E-state index >= 15 is 0 Å². The molecule has 0 aliphatic rings. The molecule has 0 bridgehead atoms. The second-order valence-electron chi connectivity index (χ2n) is 3.27. The molecule has 2 N–H and O–H groups in total.